The van der Waals surface area contributed by atoms with Crippen molar-refractivity contribution in [1.29, 1.82) is 0 Å². The molecule has 19 heavy (non-hydrogen) atoms. The fourth-order valence-corrected chi connectivity index (χ4v) is 1.98. The second-order valence-electron chi connectivity index (χ2n) is 5.72. The number of carboxylic acids is 1. The summed E-state index contributed by atoms with van der Waals surface area (Å²) in [6.07, 6.45) is 0. The van der Waals surface area contributed by atoms with E-state index in [4.69, 9.17) is 5.11 Å². The van der Waals surface area contributed by atoms with Gasteiger partial charge in [0.1, 0.15) is 0 Å². The van der Waals surface area contributed by atoms with Gasteiger partial charge in [0.15, 0.2) is 5.69 Å². The Bertz CT molecular complexity index is 621. The Kier molecular flexibility index (Phi) is 3.18. The van der Waals surface area contributed by atoms with E-state index in [2.05, 4.69) is 5.10 Å². The van der Waals surface area contributed by atoms with Crippen molar-refractivity contribution in [3.8, 4) is 5.69 Å². The van der Waals surface area contributed by atoms with Crippen LogP contribution in [-0.2, 0) is 5.41 Å². The topological polar surface area (TPSA) is 55.1 Å². The van der Waals surface area contributed by atoms with Crippen LogP contribution in [0.5, 0.6) is 0 Å². The van der Waals surface area contributed by atoms with Crippen molar-refractivity contribution in [2.45, 2.75) is 33.1 Å². The molecule has 2 rings (SSSR count). The maximum Gasteiger partial charge on any atom is 0.356 e. The molecule has 0 fully saturated rings. The molecule has 0 unspecified atom stereocenters. The first-order chi connectivity index (χ1) is 8.79. The van der Waals surface area contributed by atoms with E-state index in [1.807, 2.05) is 52.0 Å². The number of aromatic nitrogens is 2. The molecule has 1 aromatic carbocycles. The van der Waals surface area contributed by atoms with Gasteiger partial charge in [-0.15, -0.1) is 0 Å². The van der Waals surface area contributed by atoms with Gasteiger partial charge in [-0.2, -0.15) is 5.10 Å². The van der Waals surface area contributed by atoms with Gasteiger partial charge in [-0.1, -0.05) is 32.9 Å². The van der Waals surface area contributed by atoms with Gasteiger partial charge in [-0.3, -0.25) is 0 Å². The number of nitrogens with zero attached hydrogens (tertiary/aromatic N) is 2. The van der Waals surface area contributed by atoms with Crippen molar-refractivity contribution < 1.29 is 9.90 Å². The van der Waals surface area contributed by atoms with Crippen LogP contribution in [0.4, 0.5) is 0 Å². The first-order valence-electron chi connectivity index (χ1n) is 6.20. The molecule has 4 nitrogen and oxygen atoms in total. The lowest BCUT2D eigenvalue weighted by atomic mass is 9.91. The van der Waals surface area contributed by atoms with Gasteiger partial charge in [0.05, 0.1) is 11.4 Å². The molecule has 0 atom stereocenters. The maximum absolute atomic E-state index is 11.1. The van der Waals surface area contributed by atoms with Crippen LogP contribution in [0.3, 0.4) is 0 Å². The average molecular weight is 258 g/mol. The number of benzene rings is 1. The zero-order valence-corrected chi connectivity index (χ0v) is 11.6. The lowest BCUT2D eigenvalue weighted by molar-refractivity contribution is 0.0690. The molecule has 0 aliphatic carbocycles. The Morgan fingerprint density at radius 3 is 2.47 bits per heavy atom. The third kappa shape index (κ3) is 2.67. The highest BCUT2D eigenvalue weighted by Gasteiger charge is 2.23. The molecule has 0 aliphatic heterocycles. The first-order valence-corrected chi connectivity index (χ1v) is 6.20. The first kappa shape index (κ1) is 13.3. The van der Waals surface area contributed by atoms with Crippen LogP contribution in [0.2, 0.25) is 0 Å². The minimum atomic E-state index is -1.00. The Hall–Kier alpha value is -2.10. The smallest absolute Gasteiger partial charge is 0.356 e. The highest BCUT2D eigenvalue weighted by molar-refractivity contribution is 5.85. The van der Waals surface area contributed by atoms with E-state index in [1.165, 1.54) is 0 Å². The van der Waals surface area contributed by atoms with Crippen LogP contribution < -0.4 is 0 Å². The van der Waals surface area contributed by atoms with Gasteiger partial charge in [-0.05, 0) is 30.7 Å². The summed E-state index contributed by atoms with van der Waals surface area (Å²) in [6.45, 7) is 8.13. The Labute approximate surface area is 112 Å². The number of hydrogen-bond acceptors (Lipinski definition) is 2. The molecule has 0 amide bonds. The van der Waals surface area contributed by atoms with Crippen molar-refractivity contribution in [3.05, 3.63) is 47.3 Å². The van der Waals surface area contributed by atoms with Crippen LogP contribution >= 0.6 is 0 Å². The minimum Gasteiger partial charge on any atom is -0.476 e. The van der Waals surface area contributed by atoms with E-state index in [9.17, 15) is 4.79 Å². The van der Waals surface area contributed by atoms with Gasteiger partial charge in [-0.25, -0.2) is 9.48 Å². The summed E-state index contributed by atoms with van der Waals surface area (Å²) in [5.74, 6) is -1.00. The average Bonchev–Trinajstić information content (AvgIpc) is 2.73. The fourth-order valence-electron chi connectivity index (χ4n) is 1.98. The van der Waals surface area contributed by atoms with Gasteiger partial charge in [0.2, 0.25) is 0 Å². The van der Waals surface area contributed by atoms with E-state index in [1.54, 1.807) is 10.7 Å². The predicted molar refractivity (Wildman–Crippen MR) is 74.0 cm³/mol. The van der Waals surface area contributed by atoms with E-state index < -0.39 is 5.97 Å². The van der Waals surface area contributed by atoms with E-state index in [0.29, 0.717) is 0 Å². The Balaban J connectivity index is 2.64. The molecular weight excluding hydrogens is 240 g/mol. The van der Waals surface area contributed by atoms with Gasteiger partial charge in [0.25, 0.3) is 0 Å². The summed E-state index contributed by atoms with van der Waals surface area (Å²) in [4.78, 5) is 11.1. The van der Waals surface area contributed by atoms with Crippen molar-refractivity contribution in [2.75, 3.05) is 0 Å². The second-order valence-corrected chi connectivity index (χ2v) is 5.72. The lowest BCUT2D eigenvalue weighted by Crippen LogP contribution is -2.17. The summed E-state index contributed by atoms with van der Waals surface area (Å²) in [7, 11) is 0. The zero-order valence-electron chi connectivity index (χ0n) is 11.6. The Morgan fingerprint density at radius 2 is 1.95 bits per heavy atom. The molecule has 0 aliphatic rings. The molecule has 0 spiro atoms. The van der Waals surface area contributed by atoms with Crippen LogP contribution in [-0.4, -0.2) is 20.9 Å². The number of aromatic carboxylic acids is 1. The SMILES string of the molecule is Cc1cccc(-n2nc(C(=O)O)cc2C(C)(C)C)c1. The fraction of sp³-hybridized carbons (Fsp3) is 0.333. The molecule has 0 radical (unpaired) electrons. The van der Waals surface area contributed by atoms with E-state index >= 15 is 0 Å². The molecule has 0 saturated carbocycles. The summed E-state index contributed by atoms with van der Waals surface area (Å²) in [6, 6.07) is 9.51. The van der Waals surface area contributed by atoms with Crippen LogP contribution in [0.1, 0.15) is 42.5 Å². The third-order valence-corrected chi connectivity index (χ3v) is 2.94. The molecule has 4 heteroatoms. The van der Waals surface area contributed by atoms with Gasteiger partial charge >= 0.3 is 5.97 Å². The van der Waals surface area contributed by atoms with Crippen molar-refractivity contribution >= 4 is 5.97 Å². The molecule has 2 aromatic rings. The normalized spacial score (nSPS) is 11.6. The summed E-state index contributed by atoms with van der Waals surface area (Å²) in [5, 5.41) is 13.3. The molecule has 0 bridgehead atoms. The maximum atomic E-state index is 11.1. The van der Waals surface area contributed by atoms with Crippen molar-refractivity contribution in [1.82, 2.24) is 9.78 Å². The highest BCUT2D eigenvalue weighted by atomic mass is 16.4. The zero-order chi connectivity index (χ0) is 14.2. The van der Waals surface area contributed by atoms with E-state index in [0.717, 1.165) is 16.9 Å². The van der Waals surface area contributed by atoms with Crippen LogP contribution in [0.15, 0.2) is 30.3 Å². The van der Waals surface area contributed by atoms with Crippen LogP contribution in [0.25, 0.3) is 5.69 Å². The number of carboxylic acid groups (broad SMARTS) is 1. The summed E-state index contributed by atoms with van der Waals surface area (Å²) < 4.78 is 1.72. The standard InChI is InChI=1S/C15H18N2O2/c1-10-6-5-7-11(8-10)17-13(15(2,3)4)9-12(16-17)14(18)19/h5-9H,1-4H3,(H,18,19). The number of rotatable bonds is 2. The monoisotopic (exact) mass is 258 g/mol. The van der Waals surface area contributed by atoms with E-state index in [-0.39, 0.29) is 11.1 Å². The van der Waals surface area contributed by atoms with Gasteiger partial charge in [0, 0.05) is 5.41 Å². The predicted octanol–water partition coefficient (Wildman–Crippen LogP) is 3.18. The quantitative estimate of drug-likeness (QED) is 0.900. The third-order valence-electron chi connectivity index (χ3n) is 2.94. The van der Waals surface area contributed by atoms with Crippen molar-refractivity contribution in [2.24, 2.45) is 0 Å². The molecular formula is C15H18N2O2. The molecule has 100 valence electrons. The summed E-state index contributed by atoms with van der Waals surface area (Å²) in [5.41, 5.74) is 2.79. The molecule has 1 N–H and O–H groups in total. The number of hydrogen-bond donors (Lipinski definition) is 1. The number of carbonyl (C=O) groups is 1. The minimum absolute atomic E-state index is 0.0754. The molecule has 1 heterocycles. The Morgan fingerprint density at radius 1 is 1.26 bits per heavy atom. The second kappa shape index (κ2) is 4.53. The number of aryl methyl sites for hydroxylation is 1. The highest BCUT2D eigenvalue weighted by Crippen LogP contribution is 2.26. The summed E-state index contributed by atoms with van der Waals surface area (Å²) >= 11 is 0. The molecule has 0 saturated heterocycles. The molecule has 1 aromatic heterocycles. The van der Waals surface area contributed by atoms with Crippen LogP contribution in [0, 0.1) is 6.92 Å². The van der Waals surface area contributed by atoms with Crippen molar-refractivity contribution in [3.63, 3.8) is 0 Å². The lowest BCUT2D eigenvalue weighted by Gasteiger charge is -2.20. The van der Waals surface area contributed by atoms with Gasteiger partial charge < -0.3 is 5.11 Å². The largest absolute Gasteiger partial charge is 0.476 e.